The van der Waals surface area contributed by atoms with Crippen LogP contribution in [0.2, 0.25) is 0 Å². The molecule has 0 aliphatic carbocycles. The summed E-state index contributed by atoms with van der Waals surface area (Å²) < 4.78 is 0. The lowest BCUT2D eigenvalue weighted by atomic mass is 10.2. The monoisotopic (exact) mass is 324 g/mol. The van der Waals surface area contributed by atoms with Gasteiger partial charge in [0.1, 0.15) is 5.82 Å². The van der Waals surface area contributed by atoms with Gasteiger partial charge in [0.15, 0.2) is 0 Å². The molecule has 1 fully saturated rings. The topological polar surface area (TPSA) is 65.5 Å². The molecule has 6 nitrogen and oxygen atoms in total. The van der Waals surface area contributed by atoms with E-state index in [0.717, 1.165) is 13.1 Å². The van der Waals surface area contributed by atoms with Gasteiger partial charge < -0.3 is 15.1 Å². The van der Waals surface area contributed by atoms with Crippen molar-refractivity contribution < 1.29 is 9.59 Å². The smallest absolute Gasteiger partial charge is 0.254 e. The Morgan fingerprint density at radius 3 is 2.42 bits per heavy atom. The number of benzene rings is 1. The Hall–Kier alpha value is -2.89. The third-order valence-corrected chi connectivity index (χ3v) is 4.00. The number of piperazine rings is 1. The molecular weight excluding hydrogens is 304 g/mol. The molecule has 124 valence electrons. The number of aromatic nitrogens is 1. The first-order chi connectivity index (χ1) is 11.6. The SMILES string of the molecule is CC(=O)Nc1cc(C(=O)N2CCN(c3ccccc3)CC2)ccn1. The minimum absolute atomic E-state index is 0.0308. The van der Waals surface area contributed by atoms with Gasteiger partial charge in [0.2, 0.25) is 5.91 Å². The maximum absolute atomic E-state index is 12.6. The van der Waals surface area contributed by atoms with E-state index in [1.165, 1.54) is 12.6 Å². The van der Waals surface area contributed by atoms with E-state index in [1.54, 1.807) is 18.3 Å². The molecule has 24 heavy (non-hydrogen) atoms. The number of carbonyl (C=O) groups excluding carboxylic acids is 2. The summed E-state index contributed by atoms with van der Waals surface area (Å²) >= 11 is 0. The van der Waals surface area contributed by atoms with Crippen molar-refractivity contribution in [2.24, 2.45) is 0 Å². The lowest BCUT2D eigenvalue weighted by molar-refractivity contribution is -0.114. The van der Waals surface area contributed by atoms with Crippen molar-refractivity contribution in [1.82, 2.24) is 9.88 Å². The Kier molecular flexibility index (Phi) is 4.74. The maximum Gasteiger partial charge on any atom is 0.254 e. The molecule has 1 aliphatic heterocycles. The Labute approximate surface area is 141 Å². The molecule has 6 heteroatoms. The van der Waals surface area contributed by atoms with Crippen LogP contribution >= 0.6 is 0 Å². The van der Waals surface area contributed by atoms with Gasteiger partial charge in [-0.15, -0.1) is 0 Å². The minimum atomic E-state index is -0.205. The van der Waals surface area contributed by atoms with Crippen LogP contribution in [0.4, 0.5) is 11.5 Å². The van der Waals surface area contributed by atoms with Crippen molar-refractivity contribution in [3.63, 3.8) is 0 Å². The van der Waals surface area contributed by atoms with Gasteiger partial charge in [0.25, 0.3) is 5.91 Å². The van der Waals surface area contributed by atoms with Crippen molar-refractivity contribution in [3.8, 4) is 0 Å². The van der Waals surface area contributed by atoms with E-state index in [1.807, 2.05) is 23.1 Å². The third-order valence-electron chi connectivity index (χ3n) is 4.00. The zero-order valence-electron chi connectivity index (χ0n) is 13.6. The Balaban J connectivity index is 1.64. The summed E-state index contributed by atoms with van der Waals surface area (Å²) in [6.45, 7) is 4.37. The number of para-hydroxylation sites is 1. The molecule has 0 spiro atoms. The molecule has 3 rings (SSSR count). The fourth-order valence-corrected chi connectivity index (χ4v) is 2.80. The zero-order chi connectivity index (χ0) is 16.9. The van der Waals surface area contributed by atoms with Crippen molar-refractivity contribution >= 4 is 23.3 Å². The quantitative estimate of drug-likeness (QED) is 0.938. The number of carbonyl (C=O) groups is 2. The fraction of sp³-hybridized carbons (Fsp3) is 0.278. The number of rotatable bonds is 3. The second-order valence-electron chi connectivity index (χ2n) is 5.73. The number of hydrogen-bond acceptors (Lipinski definition) is 4. The molecular formula is C18H20N4O2. The average Bonchev–Trinajstić information content (AvgIpc) is 2.62. The first kappa shape index (κ1) is 16.0. The first-order valence-corrected chi connectivity index (χ1v) is 7.96. The summed E-state index contributed by atoms with van der Waals surface area (Å²) in [6, 6.07) is 13.5. The number of hydrogen-bond donors (Lipinski definition) is 1. The predicted octanol–water partition coefficient (Wildman–Crippen LogP) is 2.00. The predicted molar refractivity (Wildman–Crippen MR) is 93.1 cm³/mol. The third kappa shape index (κ3) is 3.71. The lowest BCUT2D eigenvalue weighted by Crippen LogP contribution is -2.48. The van der Waals surface area contributed by atoms with Gasteiger partial charge >= 0.3 is 0 Å². The van der Waals surface area contributed by atoms with E-state index in [2.05, 4.69) is 27.3 Å². The summed E-state index contributed by atoms with van der Waals surface area (Å²) in [4.78, 5) is 31.9. The molecule has 0 atom stereocenters. The summed E-state index contributed by atoms with van der Waals surface area (Å²) in [5.41, 5.74) is 1.73. The second kappa shape index (κ2) is 7.12. The van der Waals surface area contributed by atoms with Crippen LogP contribution in [0.3, 0.4) is 0 Å². The number of nitrogens with zero attached hydrogens (tertiary/aromatic N) is 3. The highest BCUT2D eigenvalue weighted by atomic mass is 16.2. The summed E-state index contributed by atoms with van der Waals surface area (Å²) in [7, 11) is 0. The second-order valence-corrected chi connectivity index (χ2v) is 5.73. The molecule has 2 amide bonds. The standard InChI is InChI=1S/C18H20N4O2/c1-14(23)20-17-13-15(7-8-19-17)18(24)22-11-9-21(10-12-22)16-5-3-2-4-6-16/h2-8,13H,9-12H2,1H3,(H,19,20,23). The maximum atomic E-state index is 12.6. The summed E-state index contributed by atoms with van der Waals surface area (Å²) in [5, 5.41) is 2.60. The van der Waals surface area contributed by atoms with E-state index in [-0.39, 0.29) is 11.8 Å². The van der Waals surface area contributed by atoms with Crippen LogP contribution in [0.5, 0.6) is 0 Å². The van der Waals surface area contributed by atoms with Gasteiger partial charge in [0, 0.05) is 50.6 Å². The van der Waals surface area contributed by atoms with Crippen molar-refractivity contribution in [1.29, 1.82) is 0 Å². The Morgan fingerprint density at radius 1 is 1.04 bits per heavy atom. The first-order valence-electron chi connectivity index (χ1n) is 7.96. The van der Waals surface area contributed by atoms with Gasteiger partial charge in [-0.3, -0.25) is 9.59 Å². The largest absolute Gasteiger partial charge is 0.368 e. The van der Waals surface area contributed by atoms with E-state index in [0.29, 0.717) is 24.5 Å². The van der Waals surface area contributed by atoms with Crippen molar-refractivity contribution in [2.45, 2.75) is 6.92 Å². The van der Waals surface area contributed by atoms with Gasteiger partial charge in [-0.2, -0.15) is 0 Å². The van der Waals surface area contributed by atoms with E-state index in [9.17, 15) is 9.59 Å². The van der Waals surface area contributed by atoms with Crippen LogP contribution < -0.4 is 10.2 Å². The Morgan fingerprint density at radius 2 is 1.75 bits per heavy atom. The van der Waals surface area contributed by atoms with Crippen LogP contribution in [0, 0.1) is 0 Å². The molecule has 2 heterocycles. The Bertz CT molecular complexity index is 725. The van der Waals surface area contributed by atoms with E-state index in [4.69, 9.17) is 0 Å². The lowest BCUT2D eigenvalue weighted by Gasteiger charge is -2.36. The van der Waals surface area contributed by atoms with Crippen LogP contribution in [-0.2, 0) is 4.79 Å². The molecule has 1 aromatic heterocycles. The summed E-state index contributed by atoms with van der Waals surface area (Å²) in [5.74, 6) is 0.163. The van der Waals surface area contributed by atoms with Gasteiger partial charge in [-0.25, -0.2) is 4.98 Å². The summed E-state index contributed by atoms with van der Waals surface area (Å²) in [6.07, 6.45) is 1.54. The molecule has 0 unspecified atom stereocenters. The average molecular weight is 324 g/mol. The number of nitrogens with one attached hydrogen (secondary N) is 1. The van der Waals surface area contributed by atoms with Gasteiger partial charge in [0.05, 0.1) is 0 Å². The number of anilines is 2. The van der Waals surface area contributed by atoms with Crippen molar-refractivity contribution in [3.05, 3.63) is 54.2 Å². The van der Waals surface area contributed by atoms with Gasteiger partial charge in [-0.05, 0) is 24.3 Å². The molecule has 1 aromatic carbocycles. The molecule has 0 radical (unpaired) electrons. The van der Waals surface area contributed by atoms with Crippen LogP contribution in [0.15, 0.2) is 48.7 Å². The minimum Gasteiger partial charge on any atom is -0.368 e. The zero-order valence-corrected chi connectivity index (χ0v) is 13.6. The highest BCUT2D eigenvalue weighted by Crippen LogP contribution is 2.17. The highest BCUT2D eigenvalue weighted by Gasteiger charge is 2.22. The van der Waals surface area contributed by atoms with Crippen LogP contribution in [0.25, 0.3) is 0 Å². The molecule has 0 saturated carbocycles. The van der Waals surface area contributed by atoms with Crippen molar-refractivity contribution in [2.75, 3.05) is 36.4 Å². The molecule has 1 aliphatic rings. The van der Waals surface area contributed by atoms with E-state index < -0.39 is 0 Å². The van der Waals surface area contributed by atoms with E-state index >= 15 is 0 Å². The van der Waals surface area contributed by atoms with Gasteiger partial charge in [-0.1, -0.05) is 18.2 Å². The molecule has 1 N–H and O–H groups in total. The normalized spacial score (nSPS) is 14.4. The fourth-order valence-electron chi connectivity index (χ4n) is 2.80. The van der Waals surface area contributed by atoms with Crippen LogP contribution in [0.1, 0.15) is 17.3 Å². The highest BCUT2D eigenvalue weighted by molar-refractivity contribution is 5.96. The number of pyridine rings is 1. The molecule has 2 aromatic rings. The molecule has 1 saturated heterocycles. The number of amides is 2. The van der Waals surface area contributed by atoms with Crippen LogP contribution in [-0.4, -0.2) is 47.9 Å². The molecule has 0 bridgehead atoms.